The Hall–Kier alpha value is -2.08. The molecule has 0 unspecified atom stereocenters. The van der Waals surface area contributed by atoms with Crippen LogP contribution in [0, 0.1) is 16.2 Å². The Bertz CT molecular complexity index is 936. The third kappa shape index (κ3) is 4.71. The zero-order valence-corrected chi connectivity index (χ0v) is 24.1. The molecule has 0 radical (unpaired) electrons. The molecule has 1 N–H and O–H groups in total. The number of hydrogen-bond acceptors (Lipinski definition) is 5. The predicted molar refractivity (Wildman–Crippen MR) is 139 cm³/mol. The van der Waals surface area contributed by atoms with Gasteiger partial charge in [0.15, 0.2) is 5.54 Å². The lowest BCUT2D eigenvalue weighted by atomic mass is 9.58. The molecule has 0 heterocycles. The maximum absolute atomic E-state index is 14.3. The highest BCUT2D eigenvalue weighted by molar-refractivity contribution is 5.90. The van der Waals surface area contributed by atoms with Gasteiger partial charge in [0, 0.05) is 10.8 Å². The first-order valence-electron chi connectivity index (χ1n) is 12.5. The number of rotatable bonds is 5. The number of nitrogens with one attached hydrogen (secondary N) is 1. The summed E-state index contributed by atoms with van der Waals surface area (Å²) in [6, 6.07) is 9.83. The van der Waals surface area contributed by atoms with Crippen LogP contribution in [0.15, 0.2) is 30.3 Å². The van der Waals surface area contributed by atoms with Crippen molar-refractivity contribution in [1.29, 1.82) is 0 Å². The third-order valence-electron chi connectivity index (χ3n) is 8.73. The fraction of sp³-hybridized carbons (Fsp3) is 0.724. The highest BCUT2D eigenvalue weighted by Crippen LogP contribution is 2.72. The van der Waals surface area contributed by atoms with Gasteiger partial charge in [0.25, 0.3) is 0 Å². The molecule has 1 aliphatic carbocycles. The van der Waals surface area contributed by atoms with Gasteiger partial charge >= 0.3 is 12.1 Å². The summed E-state index contributed by atoms with van der Waals surface area (Å²) in [6.45, 7) is 25.5. The first-order chi connectivity index (χ1) is 15.6. The van der Waals surface area contributed by atoms with Crippen molar-refractivity contribution in [3.8, 4) is 0 Å². The van der Waals surface area contributed by atoms with Gasteiger partial charge in [0.1, 0.15) is 16.8 Å². The summed E-state index contributed by atoms with van der Waals surface area (Å²) in [5.41, 5.74) is -5.11. The average molecular weight is 490 g/mol. The van der Waals surface area contributed by atoms with E-state index in [4.69, 9.17) is 14.2 Å². The molecule has 1 aromatic rings. The molecule has 2 atom stereocenters. The fourth-order valence-corrected chi connectivity index (χ4v) is 5.59. The molecule has 1 amide bonds. The van der Waals surface area contributed by atoms with E-state index in [1.807, 2.05) is 71.9 Å². The van der Waals surface area contributed by atoms with E-state index in [1.165, 1.54) is 0 Å². The molecule has 1 aliphatic rings. The van der Waals surface area contributed by atoms with Crippen LogP contribution in [0.25, 0.3) is 0 Å². The first kappa shape index (κ1) is 29.2. The second-order valence-electron chi connectivity index (χ2n) is 13.6. The van der Waals surface area contributed by atoms with Crippen molar-refractivity contribution in [1.82, 2.24) is 5.32 Å². The lowest BCUT2D eigenvalue weighted by Gasteiger charge is -2.51. The molecule has 0 saturated heterocycles. The van der Waals surface area contributed by atoms with Crippen molar-refractivity contribution in [3.05, 3.63) is 35.9 Å². The quantitative estimate of drug-likeness (QED) is 0.468. The van der Waals surface area contributed by atoms with Gasteiger partial charge in [-0.3, -0.25) is 0 Å². The monoisotopic (exact) mass is 489 g/mol. The van der Waals surface area contributed by atoms with E-state index >= 15 is 0 Å². The van der Waals surface area contributed by atoms with Gasteiger partial charge in [-0.2, -0.15) is 0 Å². The lowest BCUT2D eigenvalue weighted by Crippen LogP contribution is -2.74. The summed E-state index contributed by atoms with van der Waals surface area (Å²) < 4.78 is 18.5. The molecular formula is C29H47NO5. The molecule has 1 fully saturated rings. The number of amides is 1. The molecule has 35 heavy (non-hydrogen) atoms. The Morgan fingerprint density at radius 2 is 1.23 bits per heavy atom. The Balaban J connectivity index is 2.80. The van der Waals surface area contributed by atoms with Crippen LogP contribution in [0.1, 0.15) is 95.6 Å². The van der Waals surface area contributed by atoms with Gasteiger partial charge in [-0.15, -0.1) is 0 Å². The largest absolute Gasteiger partial charge is 0.458 e. The van der Waals surface area contributed by atoms with E-state index in [1.54, 1.807) is 20.8 Å². The Kier molecular flexibility index (Phi) is 7.32. The second kappa shape index (κ2) is 8.79. The summed E-state index contributed by atoms with van der Waals surface area (Å²) in [7, 11) is 0. The Morgan fingerprint density at radius 1 is 0.743 bits per heavy atom. The number of alkyl carbamates (subject to hydrolysis) is 1. The molecule has 198 valence electrons. The third-order valence-corrected chi connectivity index (χ3v) is 8.73. The van der Waals surface area contributed by atoms with Gasteiger partial charge in [0.05, 0.1) is 6.61 Å². The Labute approximate surface area is 212 Å². The SMILES string of the molecule is CC(C)(C)OC(=O)N[C@@]1(C(=O)OC(C)(C)C)C(C)(C)C(C)(C)C(C)(C)[C@]1(C)OCc1ccccc1. The summed E-state index contributed by atoms with van der Waals surface area (Å²) in [5.74, 6) is -0.532. The van der Waals surface area contributed by atoms with Crippen LogP contribution >= 0.6 is 0 Å². The molecule has 2 rings (SSSR count). The maximum atomic E-state index is 14.3. The van der Waals surface area contributed by atoms with Crippen LogP contribution < -0.4 is 5.32 Å². The van der Waals surface area contributed by atoms with Crippen molar-refractivity contribution in [2.45, 2.75) is 119 Å². The normalized spacial score (nSPS) is 27.2. The van der Waals surface area contributed by atoms with Crippen molar-refractivity contribution < 1.29 is 23.8 Å². The van der Waals surface area contributed by atoms with Crippen LogP contribution in [0.3, 0.4) is 0 Å². The number of esters is 1. The standard InChI is InChI=1S/C29H47NO5/c1-23(2,3)34-21(31)29(30-22(32)35-24(4,5)6)27(11,12)25(7,8)26(9,10)28(29,13)33-19-20-17-15-14-16-18-20/h14-18H,19H2,1-13H3,(H,30,32)/t28-,29-/m0/s1. The zero-order chi connectivity index (χ0) is 27.3. The molecule has 0 aromatic heterocycles. The van der Waals surface area contributed by atoms with Gasteiger partial charge in [-0.1, -0.05) is 71.9 Å². The van der Waals surface area contributed by atoms with Gasteiger partial charge in [-0.05, 0) is 59.4 Å². The minimum Gasteiger partial charge on any atom is -0.458 e. The molecule has 1 saturated carbocycles. The van der Waals surface area contributed by atoms with Crippen molar-refractivity contribution in [2.24, 2.45) is 16.2 Å². The molecule has 6 nitrogen and oxygen atoms in total. The topological polar surface area (TPSA) is 73.9 Å². The smallest absolute Gasteiger partial charge is 0.408 e. The number of ether oxygens (including phenoxy) is 3. The number of hydrogen-bond donors (Lipinski definition) is 1. The number of carbonyl (C=O) groups is 2. The van der Waals surface area contributed by atoms with Crippen molar-refractivity contribution in [2.75, 3.05) is 0 Å². The minimum atomic E-state index is -1.56. The van der Waals surface area contributed by atoms with Crippen molar-refractivity contribution >= 4 is 12.1 Å². The molecule has 0 spiro atoms. The van der Waals surface area contributed by atoms with Crippen LogP contribution in [0.4, 0.5) is 4.79 Å². The highest BCUT2D eigenvalue weighted by Gasteiger charge is 2.82. The number of carbonyl (C=O) groups excluding carboxylic acids is 2. The summed E-state index contributed by atoms with van der Waals surface area (Å²) >= 11 is 0. The van der Waals surface area contributed by atoms with E-state index in [0.717, 1.165) is 5.56 Å². The molecular weight excluding hydrogens is 442 g/mol. The zero-order valence-electron chi connectivity index (χ0n) is 24.1. The first-order valence-corrected chi connectivity index (χ1v) is 12.5. The molecule has 0 bridgehead atoms. The van der Waals surface area contributed by atoms with Gasteiger partial charge in [0.2, 0.25) is 0 Å². The minimum absolute atomic E-state index is 0.271. The van der Waals surface area contributed by atoms with Crippen LogP contribution in [0.2, 0.25) is 0 Å². The predicted octanol–water partition coefficient (Wildman–Crippen LogP) is 6.66. The summed E-state index contributed by atoms with van der Waals surface area (Å²) in [5, 5.41) is 3.04. The Morgan fingerprint density at radius 3 is 1.69 bits per heavy atom. The lowest BCUT2D eigenvalue weighted by molar-refractivity contribution is -0.197. The number of benzene rings is 1. The van der Waals surface area contributed by atoms with E-state index < -0.39 is 50.6 Å². The van der Waals surface area contributed by atoms with Crippen molar-refractivity contribution in [3.63, 3.8) is 0 Å². The van der Waals surface area contributed by atoms with Crippen LogP contribution in [-0.4, -0.2) is 34.4 Å². The van der Waals surface area contributed by atoms with E-state index in [9.17, 15) is 9.59 Å². The fourth-order valence-electron chi connectivity index (χ4n) is 5.59. The van der Waals surface area contributed by atoms with E-state index in [2.05, 4.69) is 33.0 Å². The molecule has 1 aromatic carbocycles. The van der Waals surface area contributed by atoms with Crippen LogP contribution in [-0.2, 0) is 25.6 Å². The van der Waals surface area contributed by atoms with E-state index in [-0.39, 0.29) is 6.61 Å². The van der Waals surface area contributed by atoms with Gasteiger partial charge < -0.3 is 19.5 Å². The van der Waals surface area contributed by atoms with Gasteiger partial charge in [-0.25, -0.2) is 9.59 Å². The summed E-state index contributed by atoms with van der Waals surface area (Å²) in [4.78, 5) is 27.7. The average Bonchev–Trinajstić information content (AvgIpc) is 2.73. The van der Waals surface area contributed by atoms with E-state index in [0.29, 0.717) is 0 Å². The summed E-state index contributed by atoms with van der Waals surface area (Å²) in [6.07, 6.45) is -0.681. The molecule has 0 aliphatic heterocycles. The highest BCUT2D eigenvalue weighted by atomic mass is 16.6. The maximum Gasteiger partial charge on any atom is 0.408 e. The van der Waals surface area contributed by atoms with Crippen LogP contribution in [0.5, 0.6) is 0 Å². The second-order valence-corrected chi connectivity index (χ2v) is 13.6. The molecule has 6 heteroatoms.